The Bertz CT molecular complexity index is 503. The molecule has 2 rings (SSSR count). The van der Waals surface area contributed by atoms with Gasteiger partial charge in [-0.2, -0.15) is 0 Å². The summed E-state index contributed by atoms with van der Waals surface area (Å²) in [7, 11) is 2.00. The Balaban J connectivity index is 1.73. The lowest BCUT2D eigenvalue weighted by atomic mass is 10.2. The van der Waals surface area contributed by atoms with Crippen LogP contribution < -0.4 is 9.30 Å². The van der Waals surface area contributed by atoms with Crippen LogP contribution in [0.25, 0.3) is 0 Å². The molecule has 4 heteroatoms. The van der Waals surface area contributed by atoms with Gasteiger partial charge in [0.15, 0.2) is 0 Å². The lowest BCUT2D eigenvalue weighted by Crippen LogP contribution is -2.23. The van der Waals surface area contributed by atoms with Crippen molar-refractivity contribution in [1.82, 2.24) is 4.57 Å². The molecule has 0 saturated heterocycles. The van der Waals surface area contributed by atoms with E-state index in [0.717, 1.165) is 25.0 Å². The summed E-state index contributed by atoms with van der Waals surface area (Å²) < 4.78 is 9.73. The first-order chi connectivity index (χ1) is 8.78. The van der Waals surface area contributed by atoms with Crippen LogP contribution in [0.15, 0.2) is 43.0 Å². The van der Waals surface area contributed by atoms with Gasteiger partial charge in [0, 0.05) is 12.0 Å². The van der Waals surface area contributed by atoms with Crippen LogP contribution in [0.4, 0.5) is 0 Å². The number of rotatable bonds is 6. The van der Waals surface area contributed by atoms with Crippen molar-refractivity contribution in [3.63, 3.8) is 0 Å². The van der Waals surface area contributed by atoms with Gasteiger partial charge in [-0.25, -0.2) is 9.13 Å². The fraction of sp³-hybridized carbons (Fsp3) is 0.286. The summed E-state index contributed by atoms with van der Waals surface area (Å²) in [5.41, 5.74) is 0.669. The number of hydrogen-bond acceptors (Lipinski definition) is 2. The molecule has 0 radical (unpaired) electrons. The third kappa shape index (κ3) is 3.45. The largest absolute Gasteiger partial charge is 0.493 e. The molecule has 1 aromatic carbocycles. The molecule has 4 nitrogen and oxygen atoms in total. The highest BCUT2D eigenvalue weighted by atomic mass is 16.5. The third-order valence-corrected chi connectivity index (χ3v) is 2.67. The summed E-state index contributed by atoms with van der Waals surface area (Å²) in [5, 5.41) is 0. The van der Waals surface area contributed by atoms with E-state index in [1.807, 2.05) is 42.5 Å². The van der Waals surface area contributed by atoms with E-state index in [4.69, 9.17) is 4.74 Å². The molecule has 1 heterocycles. The van der Waals surface area contributed by atoms with Gasteiger partial charge in [0.2, 0.25) is 6.33 Å². The van der Waals surface area contributed by atoms with E-state index in [1.165, 1.54) is 0 Å². The van der Waals surface area contributed by atoms with Gasteiger partial charge in [-0.05, 0) is 24.3 Å². The first-order valence-electron chi connectivity index (χ1n) is 5.97. The van der Waals surface area contributed by atoms with Gasteiger partial charge < -0.3 is 4.74 Å². The van der Waals surface area contributed by atoms with Gasteiger partial charge in [-0.3, -0.25) is 4.79 Å². The molecule has 0 fully saturated rings. The molecule has 0 unspecified atom stereocenters. The second-order valence-electron chi connectivity index (χ2n) is 4.21. The van der Waals surface area contributed by atoms with Crippen molar-refractivity contribution in [3.05, 3.63) is 48.5 Å². The van der Waals surface area contributed by atoms with E-state index in [9.17, 15) is 4.79 Å². The fourth-order valence-corrected chi connectivity index (χ4v) is 1.71. The van der Waals surface area contributed by atoms with Crippen LogP contribution in [0.2, 0.25) is 0 Å². The molecule has 1 aromatic heterocycles. The normalized spacial score (nSPS) is 10.3. The Kier molecular flexibility index (Phi) is 4.12. The quantitative estimate of drug-likeness (QED) is 0.440. The van der Waals surface area contributed by atoms with E-state index < -0.39 is 0 Å². The van der Waals surface area contributed by atoms with E-state index in [1.54, 1.807) is 12.1 Å². The van der Waals surface area contributed by atoms with Crippen LogP contribution in [-0.4, -0.2) is 17.5 Å². The molecule has 0 aliphatic rings. The predicted octanol–water partition coefficient (Wildman–Crippen LogP) is 1.59. The number of benzene rings is 1. The van der Waals surface area contributed by atoms with Gasteiger partial charge in [0.05, 0.1) is 20.2 Å². The van der Waals surface area contributed by atoms with Crippen LogP contribution in [0.5, 0.6) is 5.75 Å². The smallest absolute Gasteiger partial charge is 0.243 e. The number of ether oxygens (including phenoxy) is 1. The minimum Gasteiger partial charge on any atom is -0.493 e. The van der Waals surface area contributed by atoms with E-state index in [2.05, 4.69) is 4.57 Å². The number of hydrogen-bond donors (Lipinski definition) is 0. The summed E-state index contributed by atoms with van der Waals surface area (Å²) in [6.45, 7) is 1.61. The van der Waals surface area contributed by atoms with Crippen molar-refractivity contribution in [2.75, 3.05) is 6.61 Å². The van der Waals surface area contributed by atoms with Gasteiger partial charge in [-0.1, -0.05) is 0 Å². The van der Waals surface area contributed by atoms with Gasteiger partial charge >= 0.3 is 0 Å². The van der Waals surface area contributed by atoms with Crippen molar-refractivity contribution in [1.29, 1.82) is 0 Å². The number of carbonyl (C=O) groups excluding carboxylic acids is 1. The summed E-state index contributed by atoms with van der Waals surface area (Å²) >= 11 is 0. The first-order valence-corrected chi connectivity index (χ1v) is 5.97. The minimum absolute atomic E-state index is 0.669. The monoisotopic (exact) mass is 245 g/mol. The highest BCUT2D eigenvalue weighted by Crippen LogP contribution is 2.11. The first kappa shape index (κ1) is 12.4. The molecule has 0 N–H and O–H groups in total. The second kappa shape index (κ2) is 6.00. The number of carbonyl (C=O) groups is 1. The van der Waals surface area contributed by atoms with E-state index >= 15 is 0 Å². The Labute approximate surface area is 106 Å². The maximum Gasteiger partial charge on any atom is 0.243 e. The number of aromatic nitrogens is 2. The Morgan fingerprint density at radius 2 is 2.11 bits per heavy atom. The molecular weight excluding hydrogens is 228 g/mol. The number of imidazole rings is 1. The molecule has 2 aromatic rings. The Morgan fingerprint density at radius 3 is 2.72 bits per heavy atom. The van der Waals surface area contributed by atoms with Gasteiger partial charge in [-0.15, -0.1) is 0 Å². The summed E-state index contributed by atoms with van der Waals surface area (Å²) in [5.74, 6) is 0.804. The van der Waals surface area contributed by atoms with Crippen molar-refractivity contribution in [2.24, 2.45) is 7.05 Å². The van der Waals surface area contributed by atoms with Crippen molar-refractivity contribution >= 4 is 6.29 Å². The highest BCUT2D eigenvalue weighted by molar-refractivity contribution is 5.74. The second-order valence-corrected chi connectivity index (χ2v) is 4.21. The molecule has 0 aliphatic carbocycles. The van der Waals surface area contributed by atoms with Crippen LogP contribution in [0.3, 0.4) is 0 Å². The topological polar surface area (TPSA) is 35.1 Å². The van der Waals surface area contributed by atoms with Crippen LogP contribution in [0, 0.1) is 0 Å². The Morgan fingerprint density at radius 1 is 1.33 bits per heavy atom. The molecule has 0 bridgehead atoms. The summed E-state index contributed by atoms with van der Waals surface area (Å²) in [4.78, 5) is 10.5. The third-order valence-electron chi connectivity index (χ3n) is 2.67. The highest BCUT2D eigenvalue weighted by Gasteiger charge is 2.00. The lowest BCUT2D eigenvalue weighted by Gasteiger charge is -2.04. The SMILES string of the molecule is C[n+]1ccn(CCCOc2ccc(C=O)cc2)c1. The maximum atomic E-state index is 10.5. The molecule has 0 spiro atoms. The molecule has 94 valence electrons. The van der Waals surface area contributed by atoms with Crippen LogP contribution in [-0.2, 0) is 13.6 Å². The average Bonchev–Trinajstić information content (AvgIpc) is 2.81. The standard InChI is InChI=1S/C14H17N2O2/c1-15-8-9-16(12-15)7-2-10-18-14-5-3-13(11-17)4-6-14/h3-6,8-9,11-12H,2,7,10H2,1H3/q+1. The lowest BCUT2D eigenvalue weighted by molar-refractivity contribution is -0.671. The summed E-state index contributed by atoms with van der Waals surface area (Å²) in [6.07, 6.45) is 7.87. The molecule has 0 saturated carbocycles. The molecular formula is C14H17N2O2+. The number of aryl methyl sites for hydroxylation is 2. The maximum absolute atomic E-state index is 10.5. The van der Waals surface area contributed by atoms with Crippen LogP contribution in [0.1, 0.15) is 16.8 Å². The fourth-order valence-electron chi connectivity index (χ4n) is 1.71. The average molecular weight is 245 g/mol. The van der Waals surface area contributed by atoms with E-state index in [-0.39, 0.29) is 0 Å². The van der Waals surface area contributed by atoms with Crippen molar-refractivity contribution in [3.8, 4) is 5.75 Å². The number of aldehydes is 1. The van der Waals surface area contributed by atoms with Crippen molar-refractivity contribution < 1.29 is 14.1 Å². The van der Waals surface area contributed by atoms with Gasteiger partial charge in [0.1, 0.15) is 24.4 Å². The number of nitrogens with zero attached hydrogens (tertiary/aromatic N) is 2. The molecule has 0 atom stereocenters. The van der Waals surface area contributed by atoms with Crippen molar-refractivity contribution in [2.45, 2.75) is 13.0 Å². The van der Waals surface area contributed by atoms with Crippen LogP contribution >= 0.6 is 0 Å². The molecule has 18 heavy (non-hydrogen) atoms. The zero-order valence-electron chi connectivity index (χ0n) is 10.5. The Hall–Kier alpha value is -2.10. The summed E-state index contributed by atoms with van der Waals surface area (Å²) in [6, 6.07) is 7.15. The van der Waals surface area contributed by atoms with Gasteiger partial charge in [0.25, 0.3) is 0 Å². The molecule has 0 aliphatic heterocycles. The zero-order chi connectivity index (χ0) is 12.8. The predicted molar refractivity (Wildman–Crippen MR) is 67.5 cm³/mol. The minimum atomic E-state index is 0.669. The van der Waals surface area contributed by atoms with E-state index in [0.29, 0.717) is 12.2 Å². The molecule has 0 amide bonds. The zero-order valence-corrected chi connectivity index (χ0v) is 10.5.